The van der Waals surface area contributed by atoms with Crippen LogP contribution in [0.4, 0.5) is 18.9 Å². The maximum atomic E-state index is 12.4. The minimum absolute atomic E-state index is 0.0801. The number of hydrogen-bond donors (Lipinski definition) is 0. The second-order valence-electron chi connectivity index (χ2n) is 5.54. The number of fused-ring (bicyclic) bond motifs is 1. The van der Waals surface area contributed by atoms with Crippen LogP contribution < -0.4 is 14.4 Å². The monoisotopic (exact) mass is 343 g/mol. The average Bonchev–Trinajstić information content (AvgIpc) is 2.91. The summed E-state index contributed by atoms with van der Waals surface area (Å²) in [5.74, 6) is 1.08. The van der Waals surface area contributed by atoms with Gasteiger partial charge in [-0.3, -0.25) is 0 Å². The van der Waals surface area contributed by atoms with E-state index < -0.39 is 12.6 Å². The number of anilines is 1. The first kappa shape index (κ1) is 16.4. The second kappa shape index (κ2) is 6.21. The SMILES string of the molecule is COc1ccc2c(c1)N(Cc1nc(CC(F)(F)F)no1)CC(C)O2. The number of nitrogens with zero attached hydrogens (tertiary/aromatic N) is 3. The van der Waals surface area contributed by atoms with Crippen LogP contribution in [0.5, 0.6) is 11.5 Å². The van der Waals surface area contributed by atoms with Gasteiger partial charge in [-0.25, -0.2) is 0 Å². The van der Waals surface area contributed by atoms with Gasteiger partial charge in [0.25, 0.3) is 0 Å². The largest absolute Gasteiger partial charge is 0.497 e. The van der Waals surface area contributed by atoms with Gasteiger partial charge in [0.1, 0.15) is 24.0 Å². The molecule has 0 saturated heterocycles. The number of hydrogen-bond acceptors (Lipinski definition) is 6. The fourth-order valence-corrected chi connectivity index (χ4v) is 2.55. The zero-order valence-corrected chi connectivity index (χ0v) is 13.1. The Labute approximate surface area is 136 Å². The number of halogens is 3. The summed E-state index contributed by atoms with van der Waals surface area (Å²) in [6.45, 7) is 2.64. The van der Waals surface area contributed by atoms with Gasteiger partial charge in [0.2, 0.25) is 5.89 Å². The van der Waals surface area contributed by atoms with Crippen molar-refractivity contribution >= 4 is 5.69 Å². The summed E-state index contributed by atoms with van der Waals surface area (Å²) >= 11 is 0. The van der Waals surface area contributed by atoms with E-state index in [1.54, 1.807) is 25.3 Å². The molecule has 2 heterocycles. The van der Waals surface area contributed by atoms with Crippen LogP contribution in [0.25, 0.3) is 0 Å². The maximum absolute atomic E-state index is 12.4. The van der Waals surface area contributed by atoms with Crippen molar-refractivity contribution in [2.75, 3.05) is 18.6 Å². The fraction of sp³-hybridized carbons (Fsp3) is 0.467. The fourth-order valence-electron chi connectivity index (χ4n) is 2.55. The summed E-state index contributed by atoms with van der Waals surface area (Å²) in [5.41, 5.74) is 0.767. The molecule has 0 aliphatic carbocycles. The van der Waals surface area contributed by atoms with Gasteiger partial charge in [-0.2, -0.15) is 18.2 Å². The van der Waals surface area contributed by atoms with E-state index in [1.807, 2.05) is 11.8 Å². The third kappa shape index (κ3) is 3.72. The van der Waals surface area contributed by atoms with E-state index >= 15 is 0 Å². The van der Waals surface area contributed by atoms with E-state index in [1.165, 1.54) is 0 Å². The van der Waals surface area contributed by atoms with Crippen LogP contribution in [0.2, 0.25) is 0 Å². The van der Waals surface area contributed by atoms with Crippen molar-refractivity contribution < 1.29 is 27.2 Å². The molecule has 0 spiro atoms. The third-order valence-electron chi connectivity index (χ3n) is 3.51. The van der Waals surface area contributed by atoms with Crippen molar-refractivity contribution in [3.8, 4) is 11.5 Å². The molecule has 0 radical (unpaired) electrons. The van der Waals surface area contributed by atoms with Crippen LogP contribution >= 0.6 is 0 Å². The second-order valence-corrected chi connectivity index (χ2v) is 5.54. The molecular weight excluding hydrogens is 327 g/mol. The Balaban J connectivity index is 1.80. The molecule has 0 saturated carbocycles. The summed E-state index contributed by atoms with van der Waals surface area (Å²) in [6.07, 6.45) is -5.65. The van der Waals surface area contributed by atoms with Crippen LogP contribution in [0.1, 0.15) is 18.6 Å². The summed E-state index contributed by atoms with van der Waals surface area (Å²) < 4.78 is 53.0. The zero-order chi connectivity index (χ0) is 17.3. The molecule has 9 heteroatoms. The van der Waals surface area contributed by atoms with E-state index in [2.05, 4.69) is 10.1 Å². The van der Waals surface area contributed by atoms with Gasteiger partial charge >= 0.3 is 6.18 Å². The number of alkyl halides is 3. The molecule has 130 valence electrons. The smallest absolute Gasteiger partial charge is 0.396 e. The van der Waals surface area contributed by atoms with Crippen LogP contribution in [0, 0.1) is 0 Å². The van der Waals surface area contributed by atoms with Crippen molar-refractivity contribution in [3.05, 3.63) is 29.9 Å². The van der Waals surface area contributed by atoms with E-state index in [4.69, 9.17) is 14.0 Å². The number of aromatic nitrogens is 2. The Morgan fingerprint density at radius 2 is 2.17 bits per heavy atom. The Hall–Kier alpha value is -2.45. The zero-order valence-electron chi connectivity index (χ0n) is 13.1. The van der Waals surface area contributed by atoms with Crippen molar-refractivity contribution in [3.63, 3.8) is 0 Å². The van der Waals surface area contributed by atoms with Crippen molar-refractivity contribution in [2.24, 2.45) is 0 Å². The lowest BCUT2D eigenvalue weighted by Gasteiger charge is -2.34. The molecule has 2 aromatic rings. The number of methoxy groups -OCH3 is 1. The summed E-state index contributed by atoms with van der Waals surface area (Å²) in [6, 6.07) is 5.37. The van der Waals surface area contributed by atoms with E-state index in [0.29, 0.717) is 18.0 Å². The van der Waals surface area contributed by atoms with Gasteiger partial charge in [-0.15, -0.1) is 0 Å². The molecule has 0 fully saturated rings. The van der Waals surface area contributed by atoms with Gasteiger partial charge in [-0.1, -0.05) is 5.16 Å². The Bertz CT molecular complexity index is 717. The quantitative estimate of drug-likeness (QED) is 0.851. The molecule has 0 bridgehead atoms. The minimum atomic E-state index is -4.37. The number of ether oxygens (including phenoxy) is 2. The van der Waals surface area contributed by atoms with Crippen molar-refractivity contribution in [1.82, 2.24) is 10.1 Å². The lowest BCUT2D eigenvalue weighted by atomic mass is 10.2. The summed E-state index contributed by atoms with van der Waals surface area (Å²) in [4.78, 5) is 5.73. The summed E-state index contributed by atoms with van der Waals surface area (Å²) in [5, 5.41) is 3.39. The van der Waals surface area contributed by atoms with E-state index in [-0.39, 0.29) is 24.4 Å². The van der Waals surface area contributed by atoms with Crippen LogP contribution in [-0.4, -0.2) is 36.1 Å². The van der Waals surface area contributed by atoms with Crippen molar-refractivity contribution in [1.29, 1.82) is 0 Å². The molecule has 1 atom stereocenters. The molecule has 3 rings (SSSR count). The Morgan fingerprint density at radius 3 is 2.88 bits per heavy atom. The molecule has 1 aromatic carbocycles. The minimum Gasteiger partial charge on any atom is -0.497 e. The number of rotatable bonds is 4. The van der Waals surface area contributed by atoms with Gasteiger partial charge in [0, 0.05) is 6.07 Å². The topological polar surface area (TPSA) is 60.6 Å². The van der Waals surface area contributed by atoms with Gasteiger partial charge in [0.05, 0.1) is 25.9 Å². The highest BCUT2D eigenvalue weighted by Crippen LogP contribution is 2.37. The van der Waals surface area contributed by atoms with Crippen LogP contribution in [0.15, 0.2) is 22.7 Å². The maximum Gasteiger partial charge on any atom is 0.396 e. The van der Waals surface area contributed by atoms with Crippen molar-refractivity contribution in [2.45, 2.75) is 32.2 Å². The first-order valence-corrected chi connectivity index (χ1v) is 7.32. The van der Waals surface area contributed by atoms with Gasteiger partial charge in [0.15, 0.2) is 5.82 Å². The molecule has 1 aromatic heterocycles. The highest BCUT2D eigenvalue weighted by Gasteiger charge is 2.31. The summed E-state index contributed by atoms with van der Waals surface area (Å²) in [7, 11) is 1.56. The molecule has 1 unspecified atom stereocenters. The van der Waals surface area contributed by atoms with Crippen LogP contribution in [-0.2, 0) is 13.0 Å². The normalized spacial score (nSPS) is 17.4. The average molecular weight is 343 g/mol. The first-order valence-electron chi connectivity index (χ1n) is 7.32. The predicted octanol–water partition coefficient (Wildman–Crippen LogP) is 2.97. The molecule has 1 aliphatic rings. The molecule has 1 aliphatic heterocycles. The Morgan fingerprint density at radius 1 is 1.38 bits per heavy atom. The van der Waals surface area contributed by atoms with Gasteiger partial charge in [-0.05, 0) is 19.1 Å². The predicted molar refractivity (Wildman–Crippen MR) is 78.2 cm³/mol. The van der Waals surface area contributed by atoms with E-state index in [0.717, 1.165) is 5.69 Å². The highest BCUT2D eigenvalue weighted by atomic mass is 19.4. The molecule has 0 N–H and O–H groups in total. The molecular formula is C15H16F3N3O3. The number of benzene rings is 1. The van der Waals surface area contributed by atoms with Crippen LogP contribution in [0.3, 0.4) is 0 Å². The Kier molecular flexibility index (Phi) is 4.25. The van der Waals surface area contributed by atoms with Gasteiger partial charge < -0.3 is 18.9 Å². The molecule has 24 heavy (non-hydrogen) atoms. The lowest BCUT2D eigenvalue weighted by Crippen LogP contribution is -2.38. The highest BCUT2D eigenvalue weighted by molar-refractivity contribution is 5.63. The standard InChI is InChI=1S/C15H16F3N3O3/c1-9-7-21(11-5-10(22-2)3-4-12(11)23-9)8-14-19-13(20-24-14)6-15(16,17)18/h3-5,9H,6-8H2,1-2H3. The first-order chi connectivity index (χ1) is 11.3. The third-order valence-corrected chi connectivity index (χ3v) is 3.51. The molecule has 6 nitrogen and oxygen atoms in total. The lowest BCUT2D eigenvalue weighted by molar-refractivity contribution is -0.128. The van der Waals surface area contributed by atoms with E-state index in [9.17, 15) is 13.2 Å². The molecule has 0 amide bonds.